The lowest BCUT2D eigenvalue weighted by Gasteiger charge is -2.25. The number of ether oxygens (including phenoxy) is 1. The zero-order valence-electron chi connectivity index (χ0n) is 13.8. The van der Waals surface area contributed by atoms with Crippen molar-refractivity contribution in [1.29, 1.82) is 0 Å². The second-order valence-electron chi connectivity index (χ2n) is 7.03. The van der Waals surface area contributed by atoms with Crippen molar-refractivity contribution in [1.82, 2.24) is 4.72 Å². The molecule has 1 aromatic carbocycles. The average Bonchev–Trinajstić information content (AvgIpc) is 2.86. The van der Waals surface area contributed by atoms with Crippen LogP contribution in [0.2, 0.25) is 0 Å². The van der Waals surface area contributed by atoms with E-state index in [0.29, 0.717) is 5.56 Å². The third kappa shape index (κ3) is 3.57. The minimum atomic E-state index is -3.97. The van der Waals surface area contributed by atoms with Gasteiger partial charge >= 0.3 is 5.97 Å². The molecular formula is C16H23NO5S. The number of aryl methyl sites for hydroxylation is 1. The molecule has 0 aromatic heterocycles. The Morgan fingerprint density at radius 3 is 2.48 bits per heavy atom. The first-order valence-corrected chi connectivity index (χ1v) is 8.92. The van der Waals surface area contributed by atoms with Crippen molar-refractivity contribution in [2.75, 3.05) is 13.2 Å². The number of benzene rings is 1. The summed E-state index contributed by atoms with van der Waals surface area (Å²) >= 11 is 0. The minimum absolute atomic E-state index is 0.109. The van der Waals surface area contributed by atoms with Crippen molar-refractivity contribution >= 4 is 16.0 Å². The summed E-state index contributed by atoms with van der Waals surface area (Å²) in [5.74, 6) is -1.22. The molecule has 0 aliphatic carbocycles. The highest BCUT2D eigenvalue weighted by Crippen LogP contribution is 2.28. The number of nitrogens with one attached hydrogen (secondary N) is 1. The smallest absolute Gasteiger partial charge is 0.327 e. The van der Waals surface area contributed by atoms with Crippen LogP contribution in [-0.2, 0) is 25.0 Å². The summed E-state index contributed by atoms with van der Waals surface area (Å²) in [5.41, 5.74) is -0.359. The molecule has 1 atom stereocenters. The molecule has 0 bridgehead atoms. The molecule has 6 nitrogen and oxygen atoms in total. The number of carboxylic acids is 1. The van der Waals surface area contributed by atoms with Crippen LogP contribution in [0.1, 0.15) is 38.3 Å². The van der Waals surface area contributed by atoms with E-state index in [1.165, 1.54) is 0 Å². The molecule has 1 saturated heterocycles. The van der Waals surface area contributed by atoms with E-state index in [0.717, 1.165) is 5.56 Å². The number of sulfonamides is 1. The summed E-state index contributed by atoms with van der Waals surface area (Å²) in [5, 5.41) is 9.42. The van der Waals surface area contributed by atoms with E-state index in [1.54, 1.807) is 19.1 Å². The van der Waals surface area contributed by atoms with E-state index >= 15 is 0 Å². The first-order valence-electron chi connectivity index (χ1n) is 7.44. The molecule has 0 saturated carbocycles. The van der Waals surface area contributed by atoms with E-state index in [1.807, 2.05) is 26.8 Å². The van der Waals surface area contributed by atoms with E-state index in [-0.39, 0.29) is 29.9 Å². The van der Waals surface area contributed by atoms with Crippen molar-refractivity contribution in [2.45, 2.75) is 50.0 Å². The van der Waals surface area contributed by atoms with Gasteiger partial charge < -0.3 is 9.84 Å². The molecule has 0 spiro atoms. The minimum Gasteiger partial charge on any atom is -0.480 e. The van der Waals surface area contributed by atoms with Crippen LogP contribution < -0.4 is 4.72 Å². The summed E-state index contributed by atoms with van der Waals surface area (Å²) in [6.07, 6.45) is 0.111. The van der Waals surface area contributed by atoms with Crippen molar-refractivity contribution < 1.29 is 23.1 Å². The Kier molecular flexibility index (Phi) is 4.58. The summed E-state index contributed by atoms with van der Waals surface area (Å²) in [6.45, 7) is 7.72. The lowest BCUT2D eigenvalue weighted by molar-refractivity contribution is -0.144. The van der Waals surface area contributed by atoms with Crippen LogP contribution in [0.5, 0.6) is 0 Å². The van der Waals surface area contributed by atoms with Crippen molar-refractivity contribution in [3.8, 4) is 0 Å². The standard InChI is InChI=1S/C16H23NO5S/c1-11-5-6-12(15(2,3)4)9-13(11)23(20,21)17-16(14(18)19)7-8-22-10-16/h5-6,9,17H,7-8,10H2,1-4H3,(H,18,19). The molecule has 1 aliphatic rings. The normalized spacial score (nSPS) is 22.3. The van der Waals surface area contributed by atoms with Crippen molar-refractivity contribution in [2.24, 2.45) is 0 Å². The molecule has 1 unspecified atom stereocenters. The van der Waals surface area contributed by atoms with Gasteiger partial charge in [-0.25, -0.2) is 8.42 Å². The van der Waals surface area contributed by atoms with Gasteiger partial charge in [0.2, 0.25) is 10.0 Å². The first-order chi connectivity index (χ1) is 10.5. The lowest BCUT2D eigenvalue weighted by atomic mass is 9.87. The second kappa shape index (κ2) is 5.89. The van der Waals surface area contributed by atoms with Crippen molar-refractivity contribution in [3.05, 3.63) is 29.3 Å². The third-order valence-electron chi connectivity index (χ3n) is 4.10. The molecule has 0 amide bonds. The fourth-order valence-corrected chi connectivity index (χ4v) is 4.17. The number of hydrogen-bond acceptors (Lipinski definition) is 4. The summed E-state index contributed by atoms with van der Waals surface area (Å²) in [7, 11) is -3.97. The predicted molar refractivity (Wildman–Crippen MR) is 86.0 cm³/mol. The van der Waals surface area contributed by atoms with Crippen LogP contribution in [-0.4, -0.2) is 38.2 Å². The van der Waals surface area contributed by atoms with Crippen LogP contribution in [0.25, 0.3) is 0 Å². The highest BCUT2D eigenvalue weighted by Gasteiger charge is 2.46. The lowest BCUT2D eigenvalue weighted by Crippen LogP contribution is -2.55. The van der Waals surface area contributed by atoms with E-state index in [9.17, 15) is 18.3 Å². The summed E-state index contributed by atoms with van der Waals surface area (Å²) in [4.78, 5) is 11.6. The SMILES string of the molecule is Cc1ccc(C(C)(C)C)cc1S(=O)(=O)NC1(C(=O)O)CCOC1. The Bertz CT molecular complexity index is 712. The van der Waals surface area contributed by atoms with Gasteiger partial charge in [0.25, 0.3) is 0 Å². The molecule has 1 fully saturated rings. The molecule has 0 radical (unpaired) electrons. The van der Waals surface area contributed by atoms with Gasteiger partial charge in [-0.3, -0.25) is 4.79 Å². The zero-order valence-corrected chi connectivity index (χ0v) is 14.7. The molecule has 1 aromatic rings. The molecule has 1 aliphatic heterocycles. The van der Waals surface area contributed by atoms with Gasteiger partial charge in [0.15, 0.2) is 5.54 Å². The maximum absolute atomic E-state index is 12.8. The Hall–Kier alpha value is -1.44. The second-order valence-corrected chi connectivity index (χ2v) is 8.68. The maximum atomic E-state index is 12.8. The molecule has 1 heterocycles. The van der Waals surface area contributed by atoms with E-state index < -0.39 is 21.5 Å². The van der Waals surface area contributed by atoms with E-state index in [2.05, 4.69) is 4.72 Å². The molecule has 2 N–H and O–H groups in total. The van der Waals surface area contributed by atoms with Crippen LogP contribution in [0.4, 0.5) is 0 Å². The van der Waals surface area contributed by atoms with Crippen LogP contribution in [0.3, 0.4) is 0 Å². The van der Waals surface area contributed by atoms with Crippen LogP contribution in [0, 0.1) is 6.92 Å². The average molecular weight is 341 g/mol. The Morgan fingerprint density at radius 1 is 1.35 bits per heavy atom. The van der Waals surface area contributed by atoms with Gasteiger partial charge in [-0.2, -0.15) is 4.72 Å². The van der Waals surface area contributed by atoms with Gasteiger partial charge in [0.1, 0.15) is 0 Å². The number of rotatable bonds is 4. The van der Waals surface area contributed by atoms with Gasteiger partial charge in [0.05, 0.1) is 11.5 Å². The monoisotopic (exact) mass is 341 g/mol. The molecule has 128 valence electrons. The van der Waals surface area contributed by atoms with Crippen LogP contribution in [0.15, 0.2) is 23.1 Å². The maximum Gasteiger partial charge on any atom is 0.327 e. The zero-order chi connectivity index (χ0) is 17.5. The fraction of sp³-hybridized carbons (Fsp3) is 0.562. The number of carboxylic acid groups (broad SMARTS) is 1. The Balaban J connectivity index is 2.46. The highest BCUT2D eigenvalue weighted by molar-refractivity contribution is 7.89. The molecular weight excluding hydrogens is 318 g/mol. The number of aliphatic carboxylic acids is 1. The van der Waals surface area contributed by atoms with Crippen LogP contribution >= 0.6 is 0 Å². The third-order valence-corrected chi connectivity index (χ3v) is 5.78. The van der Waals surface area contributed by atoms with Gasteiger partial charge in [-0.1, -0.05) is 32.9 Å². The van der Waals surface area contributed by atoms with Gasteiger partial charge in [-0.15, -0.1) is 0 Å². The fourth-order valence-electron chi connectivity index (χ4n) is 2.53. The highest BCUT2D eigenvalue weighted by atomic mass is 32.2. The summed E-state index contributed by atoms with van der Waals surface area (Å²) < 4.78 is 33.0. The largest absolute Gasteiger partial charge is 0.480 e. The van der Waals surface area contributed by atoms with E-state index in [4.69, 9.17) is 4.74 Å². The molecule has 2 rings (SSSR count). The quantitative estimate of drug-likeness (QED) is 0.871. The first kappa shape index (κ1) is 17.9. The van der Waals surface area contributed by atoms with Crippen molar-refractivity contribution in [3.63, 3.8) is 0 Å². The van der Waals surface area contributed by atoms with Gasteiger partial charge in [-0.05, 0) is 29.5 Å². The molecule has 23 heavy (non-hydrogen) atoms. The Labute approximate surface area is 136 Å². The summed E-state index contributed by atoms with van der Waals surface area (Å²) in [6, 6.07) is 5.25. The molecule has 7 heteroatoms. The Morgan fingerprint density at radius 2 is 2.00 bits per heavy atom. The number of carbonyl (C=O) groups is 1. The predicted octanol–water partition coefficient (Wildman–Crippen LogP) is 1.81. The number of hydrogen-bond donors (Lipinski definition) is 2. The van der Waals surface area contributed by atoms with Gasteiger partial charge in [0, 0.05) is 13.0 Å². The topological polar surface area (TPSA) is 92.7 Å².